The molecule has 0 aliphatic carbocycles. The normalized spacial score (nSPS) is 10.4. The van der Waals surface area contributed by atoms with Gasteiger partial charge in [0.15, 0.2) is 0 Å². The molecule has 0 spiro atoms. The molecule has 2 heterocycles. The van der Waals surface area contributed by atoms with Gasteiger partial charge in [-0.15, -0.1) is 0 Å². The van der Waals surface area contributed by atoms with Gasteiger partial charge in [-0.3, -0.25) is 9.78 Å². The highest BCUT2D eigenvalue weighted by Crippen LogP contribution is 2.13. The summed E-state index contributed by atoms with van der Waals surface area (Å²) < 4.78 is 3.00. The predicted octanol–water partition coefficient (Wildman–Crippen LogP) is 2.82. The van der Waals surface area contributed by atoms with Crippen LogP contribution in [0.5, 0.6) is 0 Å². The van der Waals surface area contributed by atoms with Gasteiger partial charge in [-0.05, 0) is 50.1 Å². The lowest BCUT2D eigenvalue weighted by Crippen LogP contribution is -2.21. The first kappa shape index (κ1) is 11.5. The maximum absolute atomic E-state index is 11.8. The number of halogens is 2. The molecule has 5 heteroatoms. The maximum atomic E-state index is 11.8. The second kappa shape index (κ2) is 4.93. The Morgan fingerprint density at radius 1 is 1.31 bits per heavy atom. The molecule has 0 unspecified atom stereocenters. The molecular formula is C11H8Br2N2O. The molecule has 0 bridgehead atoms. The van der Waals surface area contributed by atoms with Gasteiger partial charge in [0, 0.05) is 16.9 Å². The van der Waals surface area contributed by atoms with E-state index in [1.807, 2.05) is 18.2 Å². The fourth-order valence-corrected chi connectivity index (χ4v) is 2.61. The molecule has 82 valence electrons. The molecule has 0 aromatic carbocycles. The Labute approximate surface area is 109 Å². The minimum Gasteiger partial charge on any atom is -0.307 e. The van der Waals surface area contributed by atoms with E-state index in [0.29, 0.717) is 11.0 Å². The van der Waals surface area contributed by atoms with E-state index < -0.39 is 0 Å². The van der Waals surface area contributed by atoms with Crippen molar-refractivity contribution < 1.29 is 0 Å². The van der Waals surface area contributed by atoms with Crippen molar-refractivity contribution >= 4 is 31.9 Å². The molecule has 2 aromatic heterocycles. The largest absolute Gasteiger partial charge is 0.307 e. The fraction of sp³-hybridized carbons (Fsp3) is 0.0909. The van der Waals surface area contributed by atoms with Gasteiger partial charge in [-0.25, -0.2) is 0 Å². The molecule has 3 nitrogen and oxygen atoms in total. The fourth-order valence-electron chi connectivity index (χ4n) is 1.35. The van der Waals surface area contributed by atoms with Gasteiger partial charge >= 0.3 is 0 Å². The minimum absolute atomic E-state index is 0.0612. The SMILES string of the molecule is O=c1c(Br)cc(Br)cn1Cc1ccccn1. The van der Waals surface area contributed by atoms with Crippen LogP contribution in [0.25, 0.3) is 0 Å². The summed E-state index contributed by atoms with van der Waals surface area (Å²) >= 11 is 6.58. The lowest BCUT2D eigenvalue weighted by atomic mass is 10.3. The predicted molar refractivity (Wildman–Crippen MR) is 69.4 cm³/mol. The number of pyridine rings is 2. The number of hydrogen-bond acceptors (Lipinski definition) is 2. The summed E-state index contributed by atoms with van der Waals surface area (Å²) in [6.07, 6.45) is 3.47. The number of hydrogen-bond donors (Lipinski definition) is 0. The average molecular weight is 344 g/mol. The van der Waals surface area contributed by atoms with Crippen LogP contribution in [0, 0.1) is 0 Å². The van der Waals surface area contributed by atoms with Crippen LogP contribution in [0.15, 0.2) is 50.4 Å². The van der Waals surface area contributed by atoms with E-state index in [9.17, 15) is 4.79 Å². The van der Waals surface area contributed by atoms with Gasteiger partial charge in [-0.1, -0.05) is 6.07 Å². The third kappa shape index (κ3) is 2.59. The van der Waals surface area contributed by atoms with Crippen LogP contribution in [0.2, 0.25) is 0 Å². The Balaban J connectivity index is 2.39. The van der Waals surface area contributed by atoms with Crippen LogP contribution >= 0.6 is 31.9 Å². The lowest BCUT2D eigenvalue weighted by molar-refractivity contribution is 0.732. The van der Waals surface area contributed by atoms with E-state index in [1.54, 1.807) is 23.0 Å². The third-order valence-electron chi connectivity index (χ3n) is 2.07. The highest BCUT2D eigenvalue weighted by molar-refractivity contribution is 9.11. The summed E-state index contributed by atoms with van der Waals surface area (Å²) in [4.78, 5) is 16.0. The molecular weight excluding hydrogens is 336 g/mol. The van der Waals surface area contributed by atoms with Crippen molar-refractivity contribution in [2.45, 2.75) is 6.54 Å². The van der Waals surface area contributed by atoms with E-state index in [1.165, 1.54) is 0 Å². The smallest absolute Gasteiger partial charge is 0.265 e. The van der Waals surface area contributed by atoms with E-state index >= 15 is 0 Å². The Kier molecular flexibility index (Phi) is 3.56. The molecule has 2 rings (SSSR count). The Bertz CT molecular complexity index is 552. The lowest BCUT2D eigenvalue weighted by Gasteiger charge is -2.06. The summed E-state index contributed by atoms with van der Waals surface area (Å²) in [6, 6.07) is 7.38. The van der Waals surface area contributed by atoms with Crippen LogP contribution in [-0.4, -0.2) is 9.55 Å². The molecule has 0 amide bonds. The third-order valence-corrected chi connectivity index (χ3v) is 3.07. The molecule has 0 fully saturated rings. The highest BCUT2D eigenvalue weighted by atomic mass is 79.9. The van der Waals surface area contributed by atoms with Gasteiger partial charge in [0.05, 0.1) is 16.7 Å². The molecule has 0 N–H and O–H groups in total. The van der Waals surface area contributed by atoms with Crippen LogP contribution in [0.3, 0.4) is 0 Å². The molecule has 0 aliphatic heterocycles. The summed E-state index contributed by atoms with van der Waals surface area (Å²) in [6.45, 7) is 0.470. The van der Waals surface area contributed by atoms with E-state index in [0.717, 1.165) is 10.2 Å². The zero-order valence-electron chi connectivity index (χ0n) is 8.23. The topological polar surface area (TPSA) is 34.9 Å². The van der Waals surface area contributed by atoms with Gasteiger partial charge in [0.1, 0.15) is 0 Å². The molecule has 0 atom stereocenters. The van der Waals surface area contributed by atoms with E-state index in [-0.39, 0.29) is 5.56 Å². The van der Waals surface area contributed by atoms with Crippen LogP contribution in [-0.2, 0) is 6.54 Å². The maximum Gasteiger partial charge on any atom is 0.265 e. The molecule has 0 radical (unpaired) electrons. The second-order valence-electron chi connectivity index (χ2n) is 3.26. The van der Waals surface area contributed by atoms with E-state index in [2.05, 4.69) is 36.8 Å². The van der Waals surface area contributed by atoms with Crippen LogP contribution in [0.1, 0.15) is 5.69 Å². The number of rotatable bonds is 2. The summed E-state index contributed by atoms with van der Waals surface area (Å²) in [5.74, 6) is 0. The van der Waals surface area contributed by atoms with Crippen molar-refractivity contribution in [3.05, 3.63) is 61.7 Å². The Hall–Kier alpha value is -0.940. The zero-order chi connectivity index (χ0) is 11.5. The van der Waals surface area contributed by atoms with Gasteiger partial charge in [-0.2, -0.15) is 0 Å². The first-order valence-corrected chi connectivity index (χ1v) is 6.21. The molecule has 16 heavy (non-hydrogen) atoms. The summed E-state index contributed by atoms with van der Waals surface area (Å²) in [5, 5.41) is 0. The number of aromatic nitrogens is 2. The zero-order valence-corrected chi connectivity index (χ0v) is 11.4. The quantitative estimate of drug-likeness (QED) is 0.840. The standard InChI is InChI=1S/C11H8Br2N2O/c12-8-5-10(13)11(16)15(6-8)7-9-3-1-2-4-14-9/h1-6H,7H2. The Morgan fingerprint density at radius 3 is 2.81 bits per heavy atom. The highest BCUT2D eigenvalue weighted by Gasteiger charge is 2.04. The van der Waals surface area contributed by atoms with Crippen molar-refractivity contribution in [1.82, 2.24) is 9.55 Å². The van der Waals surface area contributed by atoms with Crippen molar-refractivity contribution in [3.63, 3.8) is 0 Å². The Morgan fingerprint density at radius 2 is 2.12 bits per heavy atom. The van der Waals surface area contributed by atoms with Gasteiger partial charge < -0.3 is 4.57 Å². The van der Waals surface area contributed by atoms with Crippen molar-refractivity contribution in [1.29, 1.82) is 0 Å². The van der Waals surface area contributed by atoms with Crippen molar-refractivity contribution in [2.75, 3.05) is 0 Å². The van der Waals surface area contributed by atoms with Crippen LogP contribution in [0.4, 0.5) is 0 Å². The van der Waals surface area contributed by atoms with Crippen molar-refractivity contribution in [3.8, 4) is 0 Å². The average Bonchev–Trinajstić information content (AvgIpc) is 2.27. The molecule has 0 aliphatic rings. The summed E-state index contributed by atoms with van der Waals surface area (Å²) in [5.41, 5.74) is 0.795. The summed E-state index contributed by atoms with van der Waals surface area (Å²) in [7, 11) is 0. The van der Waals surface area contributed by atoms with E-state index in [4.69, 9.17) is 0 Å². The first-order chi connectivity index (χ1) is 7.66. The van der Waals surface area contributed by atoms with Crippen molar-refractivity contribution in [2.24, 2.45) is 0 Å². The van der Waals surface area contributed by atoms with Crippen LogP contribution < -0.4 is 5.56 Å². The second-order valence-corrected chi connectivity index (χ2v) is 5.03. The molecule has 2 aromatic rings. The minimum atomic E-state index is -0.0612. The van der Waals surface area contributed by atoms with Gasteiger partial charge in [0.2, 0.25) is 0 Å². The molecule has 0 saturated carbocycles. The first-order valence-electron chi connectivity index (χ1n) is 4.62. The number of nitrogens with zero attached hydrogens (tertiary/aromatic N) is 2. The van der Waals surface area contributed by atoms with Gasteiger partial charge in [0.25, 0.3) is 5.56 Å². The molecule has 0 saturated heterocycles. The monoisotopic (exact) mass is 342 g/mol.